The standard InChI is InChI=1S/C11H14ClNO/c1-8-7-14-11(6-13-8)9-4-2-3-5-10(9)12/h2-5,8,11,13H,6-7H2,1H3/t8-,11-/m0/s1. The van der Waals surface area contributed by atoms with Gasteiger partial charge in [0.25, 0.3) is 0 Å². The second-order valence-corrected chi connectivity index (χ2v) is 4.06. The average Bonchev–Trinajstić information content (AvgIpc) is 2.20. The molecule has 1 aliphatic rings. The first-order chi connectivity index (χ1) is 6.77. The quantitative estimate of drug-likeness (QED) is 0.770. The zero-order valence-electron chi connectivity index (χ0n) is 8.16. The molecule has 1 aliphatic heterocycles. The fraction of sp³-hybridized carbons (Fsp3) is 0.455. The normalized spacial score (nSPS) is 27.6. The van der Waals surface area contributed by atoms with Gasteiger partial charge in [0.05, 0.1) is 12.7 Å². The van der Waals surface area contributed by atoms with E-state index in [-0.39, 0.29) is 6.10 Å². The van der Waals surface area contributed by atoms with E-state index in [1.54, 1.807) is 0 Å². The van der Waals surface area contributed by atoms with Gasteiger partial charge >= 0.3 is 0 Å². The highest BCUT2D eigenvalue weighted by atomic mass is 35.5. The molecule has 2 nitrogen and oxygen atoms in total. The third kappa shape index (κ3) is 2.08. The van der Waals surface area contributed by atoms with Crippen LogP contribution in [-0.2, 0) is 4.74 Å². The van der Waals surface area contributed by atoms with Crippen LogP contribution in [-0.4, -0.2) is 19.2 Å². The van der Waals surface area contributed by atoms with E-state index in [2.05, 4.69) is 12.2 Å². The van der Waals surface area contributed by atoms with Gasteiger partial charge in [-0.3, -0.25) is 0 Å². The summed E-state index contributed by atoms with van der Waals surface area (Å²) in [5, 5.41) is 4.16. The molecule has 1 aromatic carbocycles. The van der Waals surface area contributed by atoms with Crippen LogP contribution in [0.4, 0.5) is 0 Å². The summed E-state index contributed by atoms with van der Waals surface area (Å²) in [6.07, 6.45) is 0.0971. The Bertz CT molecular complexity index is 308. The molecule has 1 aromatic rings. The van der Waals surface area contributed by atoms with Crippen LogP contribution in [0.2, 0.25) is 5.02 Å². The van der Waals surface area contributed by atoms with Crippen LogP contribution < -0.4 is 5.32 Å². The first kappa shape index (κ1) is 9.97. The number of morpholine rings is 1. The van der Waals surface area contributed by atoms with E-state index in [1.165, 1.54) is 0 Å². The molecule has 76 valence electrons. The van der Waals surface area contributed by atoms with Gasteiger partial charge in [0.1, 0.15) is 0 Å². The summed E-state index contributed by atoms with van der Waals surface area (Å²) in [4.78, 5) is 0. The molecule has 3 heteroatoms. The van der Waals surface area contributed by atoms with Crippen molar-refractivity contribution in [3.8, 4) is 0 Å². The van der Waals surface area contributed by atoms with Crippen molar-refractivity contribution in [2.24, 2.45) is 0 Å². The first-order valence-corrected chi connectivity index (χ1v) is 5.24. The Hall–Kier alpha value is -0.570. The molecular weight excluding hydrogens is 198 g/mol. The zero-order valence-corrected chi connectivity index (χ0v) is 8.92. The van der Waals surface area contributed by atoms with E-state index in [0.717, 1.165) is 23.7 Å². The Balaban J connectivity index is 2.12. The molecule has 0 unspecified atom stereocenters. The van der Waals surface area contributed by atoms with Crippen molar-refractivity contribution >= 4 is 11.6 Å². The van der Waals surface area contributed by atoms with Crippen molar-refractivity contribution in [2.45, 2.75) is 19.1 Å². The maximum Gasteiger partial charge on any atom is 0.0964 e. The second-order valence-electron chi connectivity index (χ2n) is 3.65. The predicted molar refractivity (Wildman–Crippen MR) is 57.6 cm³/mol. The number of benzene rings is 1. The number of halogens is 1. The number of ether oxygens (including phenoxy) is 1. The summed E-state index contributed by atoms with van der Waals surface area (Å²) in [5.74, 6) is 0. The van der Waals surface area contributed by atoms with E-state index < -0.39 is 0 Å². The number of hydrogen-bond acceptors (Lipinski definition) is 2. The fourth-order valence-electron chi connectivity index (χ4n) is 1.62. The maximum atomic E-state index is 6.09. The van der Waals surface area contributed by atoms with E-state index in [4.69, 9.17) is 16.3 Å². The molecule has 2 atom stereocenters. The highest BCUT2D eigenvalue weighted by Crippen LogP contribution is 2.26. The summed E-state index contributed by atoms with van der Waals surface area (Å²) in [6.45, 7) is 3.70. The highest BCUT2D eigenvalue weighted by Gasteiger charge is 2.20. The van der Waals surface area contributed by atoms with Crippen molar-refractivity contribution in [1.82, 2.24) is 5.32 Å². The summed E-state index contributed by atoms with van der Waals surface area (Å²) < 4.78 is 5.71. The summed E-state index contributed by atoms with van der Waals surface area (Å²) in [5.41, 5.74) is 1.08. The van der Waals surface area contributed by atoms with Crippen molar-refractivity contribution in [1.29, 1.82) is 0 Å². The maximum absolute atomic E-state index is 6.09. The molecule has 0 radical (unpaired) electrons. The molecule has 0 saturated carbocycles. The van der Waals surface area contributed by atoms with Crippen LogP contribution in [0.3, 0.4) is 0 Å². The molecular formula is C11H14ClNO. The van der Waals surface area contributed by atoms with Crippen molar-refractivity contribution < 1.29 is 4.74 Å². The zero-order chi connectivity index (χ0) is 9.97. The summed E-state index contributed by atoms with van der Waals surface area (Å²) >= 11 is 6.09. The van der Waals surface area contributed by atoms with Gasteiger partial charge in [0.2, 0.25) is 0 Å². The lowest BCUT2D eigenvalue weighted by atomic mass is 10.1. The van der Waals surface area contributed by atoms with Gasteiger partial charge in [0.15, 0.2) is 0 Å². The van der Waals surface area contributed by atoms with Crippen molar-refractivity contribution in [3.05, 3.63) is 34.9 Å². The Morgan fingerprint density at radius 1 is 1.43 bits per heavy atom. The molecule has 0 bridgehead atoms. The Morgan fingerprint density at radius 3 is 2.86 bits per heavy atom. The second kappa shape index (κ2) is 4.30. The third-order valence-electron chi connectivity index (χ3n) is 2.45. The SMILES string of the molecule is C[C@H]1CO[C@H](c2ccccc2Cl)CN1. The molecule has 1 saturated heterocycles. The molecule has 0 aliphatic carbocycles. The van der Waals surface area contributed by atoms with Crippen molar-refractivity contribution in [2.75, 3.05) is 13.2 Å². The van der Waals surface area contributed by atoms with Gasteiger partial charge in [-0.15, -0.1) is 0 Å². The van der Waals surface area contributed by atoms with Gasteiger partial charge < -0.3 is 10.1 Å². The smallest absolute Gasteiger partial charge is 0.0964 e. The van der Waals surface area contributed by atoms with Crippen LogP contribution in [0.1, 0.15) is 18.6 Å². The number of nitrogens with one attached hydrogen (secondary N) is 1. The molecule has 1 N–H and O–H groups in total. The van der Waals surface area contributed by atoms with Gasteiger partial charge in [-0.05, 0) is 13.0 Å². The van der Waals surface area contributed by atoms with Crippen LogP contribution in [0.25, 0.3) is 0 Å². The first-order valence-electron chi connectivity index (χ1n) is 4.87. The predicted octanol–water partition coefficient (Wildman–Crippen LogP) is 2.39. The molecule has 0 amide bonds. The van der Waals surface area contributed by atoms with Gasteiger partial charge in [0, 0.05) is 23.2 Å². The average molecular weight is 212 g/mol. The largest absolute Gasteiger partial charge is 0.371 e. The lowest BCUT2D eigenvalue weighted by Crippen LogP contribution is -2.40. The molecule has 0 aromatic heterocycles. The van der Waals surface area contributed by atoms with Gasteiger partial charge in [-0.2, -0.15) is 0 Å². The third-order valence-corrected chi connectivity index (χ3v) is 2.80. The summed E-state index contributed by atoms with van der Waals surface area (Å²) in [7, 11) is 0. The number of hydrogen-bond donors (Lipinski definition) is 1. The molecule has 1 fully saturated rings. The minimum atomic E-state index is 0.0971. The van der Waals surface area contributed by atoms with Gasteiger partial charge in [-0.1, -0.05) is 29.8 Å². The lowest BCUT2D eigenvalue weighted by molar-refractivity contribution is 0.00701. The van der Waals surface area contributed by atoms with Crippen LogP contribution >= 0.6 is 11.6 Å². The van der Waals surface area contributed by atoms with E-state index in [9.17, 15) is 0 Å². The molecule has 1 heterocycles. The van der Waals surface area contributed by atoms with E-state index in [1.807, 2.05) is 24.3 Å². The Kier molecular flexibility index (Phi) is 3.06. The highest BCUT2D eigenvalue weighted by molar-refractivity contribution is 6.31. The molecule has 2 rings (SSSR count). The van der Waals surface area contributed by atoms with Crippen LogP contribution in [0.5, 0.6) is 0 Å². The van der Waals surface area contributed by atoms with E-state index in [0.29, 0.717) is 6.04 Å². The summed E-state index contributed by atoms with van der Waals surface area (Å²) in [6, 6.07) is 8.28. The van der Waals surface area contributed by atoms with Crippen LogP contribution in [0.15, 0.2) is 24.3 Å². The minimum Gasteiger partial charge on any atom is -0.371 e. The monoisotopic (exact) mass is 211 g/mol. The Labute approximate surface area is 89.2 Å². The Morgan fingerprint density at radius 2 is 2.21 bits per heavy atom. The van der Waals surface area contributed by atoms with Crippen LogP contribution in [0, 0.1) is 0 Å². The molecule has 14 heavy (non-hydrogen) atoms. The number of rotatable bonds is 1. The molecule has 0 spiro atoms. The lowest BCUT2D eigenvalue weighted by Gasteiger charge is -2.28. The van der Waals surface area contributed by atoms with Crippen molar-refractivity contribution in [3.63, 3.8) is 0 Å². The van der Waals surface area contributed by atoms with Gasteiger partial charge in [-0.25, -0.2) is 0 Å². The van der Waals surface area contributed by atoms with E-state index >= 15 is 0 Å². The minimum absolute atomic E-state index is 0.0971. The topological polar surface area (TPSA) is 21.3 Å². The fourth-order valence-corrected chi connectivity index (χ4v) is 1.88.